The summed E-state index contributed by atoms with van der Waals surface area (Å²) in [6.45, 7) is 0. The van der Waals surface area contributed by atoms with E-state index in [9.17, 15) is 0 Å². The highest BCUT2D eigenvalue weighted by molar-refractivity contribution is 6.27. The van der Waals surface area contributed by atoms with Gasteiger partial charge < -0.3 is 8.83 Å². The Bertz CT molecular complexity index is 6610. The fourth-order valence-electron chi connectivity index (χ4n) is 14.4. The topological polar surface area (TPSA) is 39.2 Å². The fraction of sp³-hybridized carbons (Fsp3) is 0. The molecule has 0 radical (unpaired) electrons. The number of furan rings is 2. The Morgan fingerprint density at radius 2 is 0.587 bits per heavy atom. The molecular weight excluding hydrogens is 1110 g/mol. The van der Waals surface area contributed by atoms with Gasteiger partial charge in [-0.25, -0.2) is 0 Å². The van der Waals surface area contributed by atoms with Gasteiger partial charge in [0.25, 0.3) is 0 Å². The molecule has 0 N–H and O–H groups in total. The zero-order valence-electron chi connectivity index (χ0n) is 59.2. The molecule has 3 heterocycles. The maximum atomic E-state index is 8.95. The van der Waals surface area contributed by atoms with Crippen LogP contribution in [0, 0.1) is 0 Å². The summed E-state index contributed by atoms with van der Waals surface area (Å²) in [5, 5.41) is 15.6. The van der Waals surface area contributed by atoms with Crippen molar-refractivity contribution >= 4 is 109 Å². The number of aromatic nitrogens is 1. The highest BCUT2D eigenvalue weighted by atomic mass is 16.3. The summed E-state index contributed by atoms with van der Waals surface area (Å²) in [4.78, 5) is 4.48. The van der Waals surface area contributed by atoms with Crippen LogP contribution in [0.25, 0.3) is 186 Å². The lowest BCUT2D eigenvalue weighted by Gasteiger charge is -2.20. The molecule has 0 saturated heterocycles. The molecule has 428 valence electrons. The molecule has 0 aliphatic heterocycles. The van der Waals surface area contributed by atoms with Crippen LogP contribution in [0.4, 0.5) is 0 Å². The summed E-state index contributed by atoms with van der Waals surface area (Å²) in [5.41, 5.74) is 15.6. The van der Waals surface area contributed by atoms with Crippen LogP contribution in [-0.4, -0.2) is 4.98 Å². The molecule has 0 aliphatic rings. The van der Waals surface area contributed by atoms with Crippen molar-refractivity contribution in [1.29, 1.82) is 0 Å². The summed E-state index contributed by atoms with van der Waals surface area (Å²) in [7, 11) is 0. The molecule has 3 aromatic heterocycles. The summed E-state index contributed by atoms with van der Waals surface area (Å²) < 4.78 is 98.4. The number of nitrogens with zero attached hydrogens (tertiary/aromatic N) is 1. The third-order valence-electron chi connectivity index (χ3n) is 18.2. The van der Waals surface area contributed by atoms with Gasteiger partial charge in [0.2, 0.25) is 0 Å². The normalized spacial score (nSPS) is 13.2. The van der Waals surface area contributed by atoms with Crippen LogP contribution in [0.3, 0.4) is 0 Å². The van der Waals surface area contributed by atoms with Crippen LogP contribution in [0.5, 0.6) is 0 Å². The van der Waals surface area contributed by atoms with E-state index in [1.54, 1.807) is 6.20 Å². The van der Waals surface area contributed by atoms with E-state index < -0.39 is 12.1 Å². The van der Waals surface area contributed by atoms with Crippen molar-refractivity contribution in [2.45, 2.75) is 0 Å². The lowest BCUT2D eigenvalue weighted by molar-refractivity contribution is 0.668. The molecule has 0 atom stereocenters. The Labute approximate surface area is 545 Å². The van der Waals surface area contributed by atoms with Gasteiger partial charge in [0.05, 0.1) is 13.7 Å². The average molecular weight is 1180 g/mol. The summed E-state index contributed by atoms with van der Waals surface area (Å²) >= 11 is 0. The van der Waals surface area contributed by atoms with Crippen LogP contribution in [0.2, 0.25) is 0 Å². The molecule has 0 spiro atoms. The maximum absolute atomic E-state index is 8.95. The molecule has 0 bridgehead atoms. The number of rotatable bonds is 7. The van der Waals surface area contributed by atoms with E-state index >= 15 is 0 Å². The second-order valence-corrected chi connectivity index (χ2v) is 23.1. The molecule has 3 nitrogen and oxygen atoms in total. The Hall–Kier alpha value is -12.2. The van der Waals surface area contributed by atoms with E-state index in [1.165, 1.54) is 0 Å². The Morgan fingerprint density at radius 1 is 0.228 bits per heavy atom. The minimum Gasteiger partial charge on any atom is -0.456 e. The monoisotopic (exact) mass is 1180 g/mol. The van der Waals surface area contributed by atoms with Crippen molar-refractivity contribution < 1.29 is 22.5 Å². The molecule has 16 aromatic carbocycles. The van der Waals surface area contributed by atoms with Crippen molar-refractivity contribution in [3.05, 3.63) is 334 Å². The molecule has 0 saturated carbocycles. The lowest BCUT2D eigenvalue weighted by atomic mass is 9.83. The summed E-state index contributed by atoms with van der Waals surface area (Å²) in [6.07, 6.45) is 3.69. The van der Waals surface area contributed by atoms with E-state index in [0.717, 1.165) is 164 Å². The Morgan fingerprint density at radius 3 is 1.07 bits per heavy atom. The molecule has 3 heteroatoms. The molecule has 0 aliphatic carbocycles. The van der Waals surface area contributed by atoms with E-state index in [2.05, 4.69) is 138 Å². The second-order valence-electron chi connectivity index (χ2n) is 23.1. The molecule has 0 amide bonds. The van der Waals surface area contributed by atoms with Crippen LogP contribution in [0.15, 0.2) is 343 Å². The van der Waals surface area contributed by atoms with E-state index in [4.69, 9.17) is 22.5 Å². The smallest absolute Gasteiger partial charge is 0.136 e. The highest BCUT2D eigenvalue weighted by Gasteiger charge is 2.24. The first-order valence-electron chi connectivity index (χ1n) is 35.7. The van der Waals surface area contributed by atoms with Crippen molar-refractivity contribution in [2.24, 2.45) is 0 Å². The predicted molar refractivity (Wildman–Crippen MR) is 388 cm³/mol. The number of hydrogen-bond acceptors (Lipinski definition) is 3. The highest BCUT2D eigenvalue weighted by Crippen LogP contribution is 2.51. The van der Waals surface area contributed by atoms with Crippen molar-refractivity contribution in [2.75, 3.05) is 0 Å². The average Bonchev–Trinajstić information content (AvgIpc) is 0.939. The zero-order valence-corrected chi connectivity index (χ0v) is 49.2. The van der Waals surface area contributed by atoms with Crippen molar-refractivity contribution in [3.63, 3.8) is 0 Å². The SMILES string of the molecule is [2H]c1c([2H])c([2H])c(-c2c3ccccc3c(-c3ccc(-c4c(-c5cccnc5)ccc5oc6ccccc6c45)c4ccccc34)c3ccccc23)c([2H])c1[2H].[2H]c1c([2H])c([2H])c(-c2c3ccccc3c(-c3ccc(-c4ccc5oc6ccccc6c5c4)c4ccccc34)c3ccccc23)c([2H])c1[2H]. The van der Waals surface area contributed by atoms with Gasteiger partial charge in [-0.15, -0.1) is 0 Å². The largest absolute Gasteiger partial charge is 0.456 e. The van der Waals surface area contributed by atoms with Crippen LogP contribution >= 0.6 is 0 Å². The van der Waals surface area contributed by atoms with Crippen molar-refractivity contribution in [3.8, 4) is 77.9 Å². The van der Waals surface area contributed by atoms with E-state index in [1.807, 2.05) is 134 Å². The number of hydrogen-bond donors (Lipinski definition) is 0. The third kappa shape index (κ3) is 8.55. The van der Waals surface area contributed by atoms with Crippen LogP contribution in [-0.2, 0) is 0 Å². The molecule has 0 fully saturated rings. The van der Waals surface area contributed by atoms with Crippen LogP contribution < -0.4 is 0 Å². The Balaban J connectivity index is 0.000000147. The summed E-state index contributed by atoms with van der Waals surface area (Å²) in [6, 6.07) is 85.5. The van der Waals surface area contributed by atoms with Gasteiger partial charge >= 0.3 is 0 Å². The number of benzene rings is 16. The number of para-hydroxylation sites is 2. The quantitative estimate of drug-likeness (QED) is 0.149. The molecular formula is C89H55NO2. The molecule has 92 heavy (non-hydrogen) atoms. The number of pyridine rings is 1. The first-order chi connectivity index (χ1) is 49.8. The Kier molecular flexibility index (Phi) is 10.3. The van der Waals surface area contributed by atoms with Gasteiger partial charge in [0.15, 0.2) is 0 Å². The minimum absolute atomic E-state index is 0.198. The van der Waals surface area contributed by atoms with Gasteiger partial charge in [-0.1, -0.05) is 279 Å². The molecule has 19 rings (SSSR count). The van der Waals surface area contributed by atoms with Crippen molar-refractivity contribution in [1.82, 2.24) is 4.98 Å². The van der Waals surface area contributed by atoms with Gasteiger partial charge in [-0.3, -0.25) is 4.98 Å². The van der Waals surface area contributed by atoms with Gasteiger partial charge in [0, 0.05) is 45.1 Å². The third-order valence-corrected chi connectivity index (χ3v) is 18.2. The van der Waals surface area contributed by atoms with Gasteiger partial charge in [-0.05, 0) is 174 Å². The fourth-order valence-corrected chi connectivity index (χ4v) is 14.4. The minimum atomic E-state index is -0.406. The van der Waals surface area contributed by atoms with E-state index in [0.29, 0.717) is 11.1 Å². The second kappa shape index (κ2) is 21.9. The van der Waals surface area contributed by atoms with Crippen LogP contribution in [0.1, 0.15) is 13.7 Å². The van der Waals surface area contributed by atoms with Gasteiger partial charge in [-0.2, -0.15) is 0 Å². The zero-order chi connectivity index (χ0) is 69.3. The first kappa shape index (κ1) is 43.5. The van der Waals surface area contributed by atoms with E-state index in [-0.39, 0.29) is 59.5 Å². The maximum Gasteiger partial charge on any atom is 0.136 e. The standard InChI is InChI=1S/C47H29NO.C42H26O/c1-2-13-30(14-3-1)44-35-18-6-8-20-37(35)45(38-21-9-7-19-36(38)44)39-24-25-40(34-17-5-4-16-33(34)39)46-32(31-15-12-28-48-29-31)26-27-43-47(46)41-22-10-11-23-42(41)49-43;1-2-12-27(13-3-1)41-33-17-6-8-19-35(33)42(36-20-9-7-18-34(36)41)37-24-23-29(30-14-4-5-15-31(30)37)28-22-25-40-38(26-28)32-16-10-11-21-39(32)43-40/h1-29H;1-26H/i1D,2D,3D,13D,14D;1D,2D,3D,12D,13D. The number of fused-ring (bicyclic) bond motifs is 12. The predicted octanol–water partition coefficient (Wildman–Crippen LogP) is 25.2. The first-order valence-corrected chi connectivity index (χ1v) is 30.7. The summed E-state index contributed by atoms with van der Waals surface area (Å²) in [5.74, 6) is 0. The molecule has 0 unspecified atom stereocenters. The van der Waals surface area contributed by atoms with Gasteiger partial charge in [0.1, 0.15) is 22.3 Å². The molecule has 19 aromatic rings. The lowest BCUT2D eigenvalue weighted by Crippen LogP contribution is -1.93.